The van der Waals surface area contributed by atoms with Crippen LogP contribution in [-0.2, 0) is 10.2 Å². The van der Waals surface area contributed by atoms with Crippen LogP contribution in [0.3, 0.4) is 0 Å². The Kier molecular flexibility index (Phi) is 6.00. The number of hydrogen-bond acceptors (Lipinski definition) is 3. The Labute approximate surface area is 134 Å². The van der Waals surface area contributed by atoms with Gasteiger partial charge in [0.05, 0.1) is 0 Å². The number of alkyl carbamates (subject to hydrolysis) is 1. The summed E-state index contributed by atoms with van der Waals surface area (Å²) in [6, 6.07) is 8.28. The molecule has 0 aliphatic carbocycles. The molecule has 1 amide bonds. The van der Waals surface area contributed by atoms with Crippen molar-refractivity contribution in [1.82, 2.24) is 5.32 Å². The fraction of sp³-hybridized carbons (Fsp3) is 0.611. The molecule has 0 spiro atoms. The third kappa shape index (κ3) is 5.68. The van der Waals surface area contributed by atoms with Crippen molar-refractivity contribution in [3.05, 3.63) is 35.4 Å². The van der Waals surface area contributed by atoms with Gasteiger partial charge >= 0.3 is 6.09 Å². The van der Waals surface area contributed by atoms with Gasteiger partial charge in [0.25, 0.3) is 0 Å². The molecule has 0 aliphatic heterocycles. The summed E-state index contributed by atoms with van der Waals surface area (Å²) in [6.07, 6.45) is -0.404. The van der Waals surface area contributed by atoms with Gasteiger partial charge in [0.1, 0.15) is 5.60 Å². The number of carbonyl (C=O) groups is 1. The van der Waals surface area contributed by atoms with E-state index in [0.29, 0.717) is 13.1 Å². The van der Waals surface area contributed by atoms with Crippen LogP contribution in [0.15, 0.2) is 24.3 Å². The van der Waals surface area contributed by atoms with Crippen LogP contribution in [0.4, 0.5) is 4.79 Å². The van der Waals surface area contributed by atoms with Gasteiger partial charge in [0.15, 0.2) is 0 Å². The van der Waals surface area contributed by atoms with Crippen LogP contribution in [0.25, 0.3) is 0 Å². The first-order valence-electron chi connectivity index (χ1n) is 7.81. The molecule has 0 aliphatic rings. The maximum atomic E-state index is 11.8. The molecule has 4 heteroatoms. The molecule has 0 bridgehead atoms. The van der Waals surface area contributed by atoms with Crippen molar-refractivity contribution >= 4 is 6.09 Å². The molecular formula is C18H30N2O2. The number of hydrogen-bond donors (Lipinski definition) is 2. The van der Waals surface area contributed by atoms with Crippen molar-refractivity contribution in [1.29, 1.82) is 0 Å². The van der Waals surface area contributed by atoms with Gasteiger partial charge in [-0.3, -0.25) is 0 Å². The van der Waals surface area contributed by atoms with E-state index in [-0.39, 0.29) is 11.3 Å². The van der Waals surface area contributed by atoms with Gasteiger partial charge in [-0.25, -0.2) is 4.79 Å². The number of carbonyl (C=O) groups excluding carboxylic acids is 1. The second-order valence-electron chi connectivity index (χ2n) is 7.65. The van der Waals surface area contributed by atoms with E-state index in [9.17, 15) is 4.79 Å². The molecule has 1 aromatic carbocycles. The van der Waals surface area contributed by atoms with E-state index in [1.54, 1.807) is 0 Å². The molecule has 0 aromatic heterocycles. The Bertz CT molecular complexity index is 499. The number of benzene rings is 1. The molecule has 1 atom stereocenters. The first-order valence-corrected chi connectivity index (χ1v) is 7.81. The van der Waals surface area contributed by atoms with E-state index >= 15 is 0 Å². The average molecular weight is 306 g/mol. The Hall–Kier alpha value is -1.55. The van der Waals surface area contributed by atoms with Gasteiger partial charge in [-0.05, 0) is 37.3 Å². The molecule has 124 valence electrons. The largest absolute Gasteiger partial charge is 0.444 e. The van der Waals surface area contributed by atoms with E-state index in [4.69, 9.17) is 10.5 Å². The van der Waals surface area contributed by atoms with Gasteiger partial charge in [-0.15, -0.1) is 0 Å². The molecule has 4 nitrogen and oxygen atoms in total. The Morgan fingerprint density at radius 1 is 1.18 bits per heavy atom. The van der Waals surface area contributed by atoms with E-state index in [2.05, 4.69) is 38.2 Å². The number of nitrogens with two attached hydrogens (primary N) is 1. The van der Waals surface area contributed by atoms with E-state index in [1.165, 1.54) is 11.1 Å². The predicted octanol–water partition coefficient (Wildman–Crippen LogP) is 3.55. The van der Waals surface area contributed by atoms with E-state index < -0.39 is 11.7 Å². The second-order valence-corrected chi connectivity index (χ2v) is 7.65. The highest BCUT2D eigenvalue weighted by Gasteiger charge is 2.23. The summed E-state index contributed by atoms with van der Waals surface area (Å²) in [6.45, 7) is 13.0. The molecular weight excluding hydrogens is 276 g/mol. The van der Waals surface area contributed by atoms with Crippen LogP contribution in [0.1, 0.15) is 58.6 Å². The lowest BCUT2D eigenvalue weighted by Crippen LogP contribution is -2.36. The van der Waals surface area contributed by atoms with Crippen molar-refractivity contribution < 1.29 is 9.53 Å². The van der Waals surface area contributed by atoms with Gasteiger partial charge in [0.2, 0.25) is 0 Å². The fourth-order valence-electron chi connectivity index (χ4n) is 2.38. The molecule has 0 heterocycles. The highest BCUT2D eigenvalue weighted by molar-refractivity contribution is 5.67. The second kappa shape index (κ2) is 7.14. The predicted molar refractivity (Wildman–Crippen MR) is 91.2 cm³/mol. The van der Waals surface area contributed by atoms with E-state index in [0.717, 1.165) is 0 Å². The third-order valence-corrected chi connectivity index (χ3v) is 3.38. The zero-order valence-electron chi connectivity index (χ0n) is 14.7. The summed E-state index contributed by atoms with van der Waals surface area (Å²) in [4.78, 5) is 11.8. The van der Waals surface area contributed by atoms with Crippen molar-refractivity contribution in [2.24, 2.45) is 5.73 Å². The lowest BCUT2D eigenvalue weighted by atomic mass is 9.80. The Balaban J connectivity index is 2.84. The number of nitrogens with one attached hydrogen (secondary N) is 1. The van der Waals surface area contributed by atoms with Crippen LogP contribution in [0, 0.1) is 0 Å². The highest BCUT2D eigenvalue weighted by atomic mass is 16.6. The minimum Gasteiger partial charge on any atom is -0.444 e. The molecule has 0 saturated carbocycles. The number of amides is 1. The molecule has 22 heavy (non-hydrogen) atoms. The Morgan fingerprint density at radius 2 is 1.77 bits per heavy atom. The molecule has 1 unspecified atom stereocenters. The lowest BCUT2D eigenvalue weighted by Gasteiger charge is -2.27. The first-order chi connectivity index (χ1) is 10.0. The van der Waals surface area contributed by atoms with Gasteiger partial charge in [-0.1, -0.05) is 45.0 Å². The monoisotopic (exact) mass is 306 g/mol. The molecule has 0 saturated heterocycles. The maximum Gasteiger partial charge on any atom is 0.407 e. The van der Waals surface area contributed by atoms with Gasteiger partial charge in [-0.2, -0.15) is 0 Å². The average Bonchev–Trinajstić information content (AvgIpc) is 2.36. The molecule has 1 rings (SSSR count). The van der Waals surface area contributed by atoms with E-state index in [1.807, 2.05) is 32.9 Å². The van der Waals surface area contributed by atoms with Crippen LogP contribution in [0.5, 0.6) is 0 Å². The molecule has 0 fully saturated rings. The summed E-state index contributed by atoms with van der Waals surface area (Å²) in [5, 5.41) is 2.83. The minimum atomic E-state index is -0.494. The number of ether oxygens (including phenoxy) is 1. The van der Waals surface area contributed by atoms with Crippen LogP contribution in [0.2, 0.25) is 0 Å². The third-order valence-electron chi connectivity index (χ3n) is 3.38. The summed E-state index contributed by atoms with van der Waals surface area (Å²) < 4.78 is 5.28. The standard InChI is InChI=1S/C18H30N2O2/c1-17(2,3)15-10-8-7-9-14(15)13(11-19)12-20-16(21)22-18(4,5)6/h7-10,13H,11-12,19H2,1-6H3,(H,20,21). The van der Waals surface area contributed by atoms with Gasteiger partial charge < -0.3 is 15.8 Å². The number of rotatable bonds is 4. The minimum absolute atomic E-state index is 0.0376. The summed E-state index contributed by atoms with van der Waals surface area (Å²) in [7, 11) is 0. The maximum absolute atomic E-state index is 11.8. The van der Waals surface area contributed by atoms with Crippen molar-refractivity contribution in [2.75, 3.05) is 13.1 Å². The summed E-state index contributed by atoms with van der Waals surface area (Å²) in [5.74, 6) is 0.0722. The smallest absolute Gasteiger partial charge is 0.407 e. The highest BCUT2D eigenvalue weighted by Crippen LogP contribution is 2.30. The normalized spacial score (nSPS) is 13.6. The quantitative estimate of drug-likeness (QED) is 0.894. The molecule has 3 N–H and O–H groups in total. The summed E-state index contributed by atoms with van der Waals surface area (Å²) in [5.41, 5.74) is 7.93. The Morgan fingerprint density at radius 3 is 2.27 bits per heavy atom. The van der Waals surface area contributed by atoms with Crippen molar-refractivity contribution in [3.63, 3.8) is 0 Å². The van der Waals surface area contributed by atoms with Crippen molar-refractivity contribution in [2.45, 2.75) is 58.5 Å². The fourth-order valence-corrected chi connectivity index (χ4v) is 2.38. The SMILES string of the molecule is CC(C)(C)OC(=O)NCC(CN)c1ccccc1C(C)(C)C. The van der Waals surface area contributed by atoms with Gasteiger partial charge in [0, 0.05) is 19.0 Å². The zero-order chi connectivity index (χ0) is 17.0. The van der Waals surface area contributed by atoms with Crippen LogP contribution in [-0.4, -0.2) is 24.8 Å². The zero-order valence-corrected chi connectivity index (χ0v) is 14.7. The molecule has 1 aromatic rings. The van der Waals surface area contributed by atoms with Crippen molar-refractivity contribution in [3.8, 4) is 0 Å². The topological polar surface area (TPSA) is 64.3 Å². The molecule has 0 radical (unpaired) electrons. The summed E-state index contributed by atoms with van der Waals surface area (Å²) >= 11 is 0. The van der Waals surface area contributed by atoms with Crippen LogP contribution < -0.4 is 11.1 Å². The first kappa shape index (κ1) is 18.5. The van der Waals surface area contributed by atoms with Crippen LogP contribution >= 0.6 is 0 Å². The lowest BCUT2D eigenvalue weighted by molar-refractivity contribution is 0.0525.